The number of nitrogens with zero attached hydrogens (tertiary/aromatic N) is 4. The highest BCUT2D eigenvalue weighted by molar-refractivity contribution is 8.00. The number of esters is 12. The van der Waals surface area contributed by atoms with Crippen LogP contribution in [0.3, 0.4) is 0 Å². The van der Waals surface area contributed by atoms with Gasteiger partial charge in [0.05, 0.1) is 74.0 Å². The van der Waals surface area contributed by atoms with Crippen molar-refractivity contribution in [3.63, 3.8) is 0 Å². The van der Waals surface area contributed by atoms with E-state index in [-0.39, 0.29) is 268 Å². The van der Waals surface area contributed by atoms with E-state index in [0.717, 1.165) is 150 Å². The van der Waals surface area contributed by atoms with Crippen LogP contribution in [0, 0.1) is 35.5 Å². The molecule has 129 heavy (non-hydrogen) atoms. The number of hydrogen-bond donors (Lipinski definition) is 0. The number of carbonyl (C=O) groups excluding carboxylic acids is 12. The van der Waals surface area contributed by atoms with Gasteiger partial charge in [-0.25, -0.2) is 0 Å². The molecule has 0 N–H and O–H groups in total. The molecule has 0 aliphatic rings. The number of unbranched alkanes of at least 4 members (excludes halogenated alkanes) is 17. The zero-order valence-corrected chi connectivity index (χ0v) is 86.4. The van der Waals surface area contributed by atoms with Crippen molar-refractivity contribution in [1.82, 2.24) is 19.6 Å². The third-order valence-corrected chi connectivity index (χ3v) is 28.6. The zero-order valence-electron chi connectivity index (χ0n) is 81.5. The van der Waals surface area contributed by atoms with Crippen molar-refractivity contribution in [1.29, 1.82) is 0 Å². The van der Waals surface area contributed by atoms with E-state index in [4.69, 9.17) is 56.8 Å². The van der Waals surface area contributed by atoms with Gasteiger partial charge in [0.25, 0.3) is 0 Å². The van der Waals surface area contributed by atoms with E-state index in [9.17, 15) is 57.5 Å². The van der Waals surface area contributed by atoms with Crippen molar-refractivity contribution in [3.05, 3.63) is 0 Å². The molecule has 0 bridgehead atoms. The topological polar surface area (TPSA) is 329 Å². The molecule has 34 heteroatoms. The van der Waals surface area contributed by atoms with Gasteiger partial charge >= 0.3 is 71.6 Å². The quantitative estimate of drug-likeness (QED) is 0.0310. The summed E-state index contributed by atoms with van der Waals surface area (Å²) in [6, 6.07) is 0. The molecule has 0 saturated heterocycles. The Morgan fingerprint density at radius 1 is 0.186 bits per heavy atom. The summed E-state index contributed by atoms with van der Waals surface area (Å²) >= 11 is 10.2. The molecule has 28 nitrogen and oxygen atoms in total. The molecule has 0 aromatic heterocycles. The molecule has 0 aliphatic heterocycles. The lowest BCUT2D eigenvalue weighted by atomic mass is 10.2. The molecule has 0 spiro atoms. The van der Waals surface area contributed by atoms with Crippen molar-refractivity contribution in [3.8, 4) is 0 Å². The number of thioether (sulfide) groups is 6. The Morgan fingerprint density at radius 2 is 0.318 bits per heavy atom. The van der Waals surface area contributed by atoms with Crippen molar-refractivity contribution in [2.24, 2.45) is 35.5 Å². The van der Waals surface area contributed by atoms with E-state index in [2.05, 4.69) is 46.4 Å². The Labute approximate surface area is 802 Å². The number of carbonyl (C=O) groups is 12. The van der Waals surface area contributed by atoms with Gasteiger partial charge in [0.2, 0.25) is 0 Å². The van der Waals surface area contributed by atoms with Crippen LogP contribution < -0.4 is 0 Å². The summed E-state index contributed by atoms with van der Waals surface area (Å²) in [6.07, 6.45) is 25.1. The van der Waals surface area contributed by atoms with Gasteiger partial charge < -0.3 is 71.5 Å². The Morgan fingerprint density at radius 3 is 0.473 bits per heavy atom. The highest BCUT2D eigenvalue weighted by Crippen LogP contribution is 2.21. The summed E-state index contributed by atoms with van der Waals surface area (Å²) in [7, 11) is 0. The fourth-order valence-electron chi connectivity index (χ4n) is 12.3. The molecule has 0 aromatic rings. The lowest BCUT2D eigenvalue weighted by molar-refractivity contribution is -0.154. The number of rotatable bonds is 92. The van der Waals surface area contributed by atoms with Crippen LogP contribution in [0.25, 0.3) is 0 Å². The highest BCUT2D eigenvalue weighted by Gasteiger charge is 2.25. The van der Waals surface area contributed by atoms with Crippen molar-refractivity contribution in [2.75, 3.05) is 227 Å². The lowest BCUT2D eigenvalue weighted by Crippen LogP contribution is -2.45. The number of ether oxygens (including phenoxy) is 12. The highest BCUT2D eigenvalue weighted by atomic mass is 32.2. The van der Waals surface area contributed by atoms with Crippen LogP contribution in [0.1, 0.15) is 269 Å². The summed E-state index contributed by atoms with van der Waals surface area (Å²) in [6.45, 7) is 24.0. The summed E-state index contributed by atoms with van der Waals surface area (Å²) in [5, 5.41) is 0. The Kier molecular flexibility index (Phi) is 85.8. The lowest BCUT2D eigenvalue weighted by Gasteiger charge is -2.32. The normalized spacial score (nSPS) is 12.8. The zero-order chi connectivity index (χ0) is 95.4. The predicted molar refractivity (Wildman–Crippen MR) is 524 cm³/mol. The standard InChI is InChI=1S/C95H172N4O24S6/c1-13-19-25-31-67-125-73-79(8)91(107)119-61-55-113-85(101)37-43-96(42-36-84(100)112-54-60-118-90(106)78(7)72-124-66-30-24-18-6)48-51-99(52-49-97(44-38-86(102)114-56-62-120-92(108)80(9)74-126-68-32-26-20-14-2)45-39-87(103)115-57-63-121-93(109)81(10)75-127-69-33-27-21-15-3)53-50-98(46-40-88(104)116-58-64-122-94(110)82(11)76-128-70-34-28-22-16-4)47-41-89(105)117-59-65-123-95(111)83(12)77-129-71-35-29-23-17-5/h78-83H,13-77H2,1-12H3. The van der Waals surface area contributed by atoms with Crippen molar-refractivity contribution >= 4 is 142 Å². The summed E-state index contributed by atoms with van der Waals surface area (Å²) < 4.78 is 66.6. The van der Waals surface area contributed by atoms with Gasteiger partial charge in [0, 0.05) is 113 Å². The molecule has 0 rings (SSSR count). The van der Waals surface area contributed by atoms with Gasteiger partial charge in [-0.2, -0.15) is 70.6 Å². The molecule has 0 aliphatic carbocycles. The van der Waals surface area contributed by atoms with Gasteiger partial charge in [-0.15, -0.1) is 0 Å². The van der Waals surface area contributed by atoms with E-state index < -0.39 is 35.8 Å². The first kappa shape index (κ1) is 125. The fraction of sp³-hybridized carbons (Fsp3) is 0.874. The SMILES string of the molecule is CCCCCCSCC(C)C(=O)OCCOC(=O)CCN(CCC(=O)OCCOC(=O)C(C)CSCCCCC)CCN(CCN(CCC(=O)OCCOC(=O)C(C)CSCCCCCC)CCC(=O)OCCOC(=O)C(C)CSCCCCCC)CCN(CCC(=O)OCCOC(=O)C(C)CSCCCCCC)CCC(=O)OCCOC(=O)C(C)CSCCCCCC. The Hall–Kier alpha value is -4.42. The second-order valence-corrected chi connectivity index (χ2v) is 40.0. The van der Waals surface area contributed by atoms with Crippen LogP contribution in [0.2, 0.25) is 0 Å². The molecule has 6 atom stereocenters. The molecule has 6 unspecified atom stereocenters. The van der Waals surface area contributed by atoms with E-state index in [1.165, 1.54) is 32.1 Å². The van der Waals surface area contributed by atoms with Crippen molar-refractivity contribution < 1.29 is 114 Å². The van der Waals surface area contributed by atoms with Gasteiger partial charge in [-0.3, -0.25) is 62.4 Å². The van der Waals surface area contributed by atoms with E-state index >= 15 is 0 Å². The largest absolute Gasteiger partial charge is 0.462 e. The minimum Gasteiger partial charge on any atom is -0.462 e. The molecule has 0 heterocycles. The van der Waals surface area contributed by atoms with E-state index in [1.807, 2.05) is 49.3 Å². The van der Waals surface area contributed by atoms with Crippen LogP contribution in [-0.4, -0.2) is 318 Å². The van der Waals surface area contributed by atoms with Gasteiger partial charge in [-0.05, 0) is 73.0 Å². The Balaban J connectivity index is 7.49. The van der Waals surface area contributed by atoms with E-state index in [0.29, 0.717) is 34.5 Å². The predicted octanol–water partition coefficient (Wildman–Crippen LogP) is 16.4. The molecule has 0 saturated carbocycles. The minimum atomic E-state index is -0.578. The average molecular weight is 1950 g/mol. The smallest absolute Gasteiger partial charge is 0.309 e. The molecule has 0 aromatic carbocycles. The van der Waals surface area contributed by atoms with Crippen LogP contribution >= 0.6 is 70.6 Å². The summed E-state index contributed by atoms with van der Waals surface area (Å²) in [4.78, 5) is 167. The van der Waals surface area contributed by atoms with Crippen LogP contribution in [0.5, 0.6) is 0 Å². The van der Waals surface area contributed by atoms with E-state index in [1.54, 1.807) is 77.5 Å². The maximum Gasteiger partial charge on any atom is 0.309 e. The maximum atomic E-state index is 13.6. The van der Waals surface area contributed by atoms with Gasteiger partial charge in [0.15, 0.2) is 0 Å². The van der Waals surface area contributed by atoms with Crippen molar-refractivity contribution in [2.45, 2.75) is 269 Å². The number of hydrogen-bond acceptors (Lipinski definition) is 34. The van der Waals surface area contributed by atoms with Gasteiger partial charge in [-0.1, -0.05) is 192 Å². The summed E-state index contributed by atoms with van der Waals surface area (Å²) in [5.74, 6) is 1.44. The Bertz CT molecular complexity index is 2530. The second-order valence-electron chi connectivity index (χ2n) is 33.1. The van der Waals surface area contributed by atoms with Crippen LogP contribution in [0.4, 0.5) is 0 Å². The first-order valence-corrected chi connectivity index (χ1v) is 55.6. The molecule has 752 valence electrons. The maximum absolute atomic E-state index is 13.6. The third kappa shape index (κ3) is 77.4. The first-order chi connectivity index (χ1) is 62.3. The first-order valence-electron chi connectivity index (χ1n) is 48.6. The minimum absolute atomic E-state index is 0.102. The molecule has 0 fully saturated rings. The van der Waals surface area contributed by atoms with Crippen LogP contribution in [0.15, 0.2) is 0 Å². The second kappa shape index (κ2) is 88.8. The molecule has 0 radical (unpaired) electrons. The van der Waals surface area contributed by atoms with Crippen LogP contribution in [-0.2, 0) is 114 Å². The average Bonchev–Trinajstić information content (AvgIpc) is 0.910. The van der Waals surface area contributed by atoms with Gasteiger partial charge in [0.1, 0.15) is 79.3 Å². The molecular formula is C95H172N4O24S6. The molecule has 0 amide bonds. The fourth-order valence-corrected chi connectivity index (χ4v) is 18.7. The third-order valence-electron chi connectivity index (χ3n) is 20.8. The summed E-state index contributed by atoms with van der Waals surface area (Å²) in [5.41, 5.74) is 0. The molecular weight excluding hydrogens is 1770 g/mol. The monoisotopic (exact) mass is 1950 g/mol.